The number of hydrogen-bond donors (Lipinski definition) is 1. The lowest BCUT2D eigenvalue weighted by molar-refractivity contribution is 0.0528. The maximum atomic E-state index is 5.48. The van der Waals surface area contributed by atoms with E-state index >= 15 is 0 Å². The SMILES string of the molecule is CCCNCC(COC)N(CC(C)C)C1CCCC1. The van der Waals surface area contributed by atoms with Crippen molar-refractivity contribution in [2.45, 2.75) is 65.0 Å². The van der Waals surface area contributed by atoms with Gasteiger partial charge in [-0.2, -0.15) is 0 Å². The Kier molecular flexibility index (Phi) is 8.67. The summed E-state index contributed by atoms with van der Waals surface area (Å²) in [4.78, 5) is 2.73. The normalized spacial score (nSPS) is 18.6. The van der Waals surface area contributed by atoms with E-state index in [1.54, 1.807) is 0 Å². The molecular weight excluding hydrogens is 236 g/mol. The summed E-state index contributed by atoms with van der Waals surface area (Å²) >= 11 is 0. The summed E-state index contributed by atoms with van der Waals surface area (Å²) in [5.74, 6) is 0.728. The molecule has 0 aromatic heterocycles. The highest BCUT2D eigenvalue weighted by Gasteiger charge is 2.28. The first-order chi connectivity index (χ1) is 9.19. The van der Waals surface area contributed by atoms with Crippen LogP contribution < -0.4 is 5.32 Å². The van der Waals surface area contributed by atoms with E-state index in [0.29, 0.717) is 6.04 Å². The quantitative estimate of drug-likeness (QED) is 0.618. The van der Waals surface area contributed by atoms with Gasteiger partial charge in [0.2, 0.25) is 0 Å². The van der Waals surface area contributed by atoms with Crippen molar-refractivity contribution in [1.82, 2.24) is 10.2 Å². The van der Waals surface area contributed by atoms with E-state index in [1.807, 2.05) is 7.11 Å². The Labute approximate surface area is 120 Å². The van der Waals surface area contributed by atoms with Crippen molar-refractivity contribution in [3.63, 3.8) is 0 Å². The molecule has 1 aliphatic rings. The molecule has 19 heavy (non-hydrogen) atoms. The lowest BCUT2D eigenvalue weighted by Crippen LogP contribution is -2.50. The average Bonchev–Trinajstić information content (AvgIpc) is 2.89. The molecule has 0 saturated heterocycles. The van der Waals surface area contributed by atoms with Crippen LogP contribution in [0.2, 0.25) is 0 Å². The van der Waals surface area contributed by atoms with Crippen molar-refractivity contribution in [2.24, 2.45) is 5.92 Å². The predicted octanol–water partition coefficient (Wildman–Crippen LogP) is 2.90. The molecule has 1 atom stereocenters. The molecule has 0 bridgehead atoms. The zero-order valence-electron chi connectivity index (χ0n) is 13.5. The van der Waals surface area contributed by atoms with E-state index in [0.717, 1.165) is 31.7 Å². The summed E-state index contributed by atoms with van der Waals surface area (Å²) in [6.45, 7) is 11.1. The van der Waals surface area contributed by atoms with Crippen LogP contribution in [0.4, 0.5) is 0 Å². The van der Waals surface area contributed by atoms with E-state index in [2.05, 4.69) is 31.0 Å². The standard InChI is InChI=1S/C16H34N2O/c1-5-10-17-11-16(13-19-4)18(12-14(2)3)15-8-6-7-9-15/h14-17H,5-13H2,1-4H3. The van der Waals surface area contributed by atoms with Gasteiger partial charge in [-0.3, -0.25) is 4.90 Å². The Morgan fingerprint density at radius 3 is 2.47 bits per heavy atom. The highest BCUT2D eigenvalue weighted by atomic mass is 16.5. The molecule has 1 fully saturated rings. The molecule has 0 aliphatic heterocycles. The summed E-state index contributed by atoms with van der Waals surface area (Å²) in [5.41, 5.74) is 0. The van der Waals surface area contributed by atoms with Gasteiger partial charge in [0.1, 0.15) is 0 Å². The Hall–Kier alpha value is -0.120. The highest BCUT2D eigenvalue weighted by molar-refractivity contribution is 4.84. The molecule has 1 saturated carbocycles. The van der Waals surface area contributed by atoms with Gasteiger partial charge < -0.3 is 10.1 Å². The van der Waals surface area contributed by atoms with Crippen molar-refractivity contribution < 1.29 is 4.74 Å². The highest BCUT2D eigenvalue weighted by Crippen LogP contribution is 2.26. The van der Waals surface area contributed by atoms with Gasteiger partial charge in [-0.25, -0.2) is 0 Å². The Bertz CT molecular complexity index is 215. The molecule has 1 unspecified atom stereocenters. The van der Waals surface area contributed by atoms with E-state index < -0.39 is 0 Å². The van der Waals surface area contributed by atoms with Crippen LogP contribution in [0.15, 0.2) is 0 Å². The summed E-state index contributed by atoms with van der Waals surface area (Å²) in [6, 6.07) is 1.31. The molecule has 0 aromatic carbocycles. The Balaban J connectivity index is 2.59. The first-order valence-corrected chi connectivity index (χ1v) is 8.14. The summed E-state index contributed by atoms with van der Waals surface area (Å²) in [5, 5.41) is 3.58. The van der Waals surface area contributed by atoms with Crippen LogP contribution in [-0.2, 0) is 4.74 Å². The third-order valence-corrected chi connectivity index (χ3v) is 4.00. The molecule has 1 aliphatic carbocycles. The second-order valence-corrected chi connectivity index (χ2v) is 6.34. The number of methoxy groups -OCH3 is 1. The summed E-state index contributed by atoms with van der Waals surface area (Å²) in [7, 11) is 1.83. The molecule has 1 rings (SSSR count). The van der Waals surface area contributed by atoms with Gasteiger partial charge in [-0.1, -0.05) is 33.6 Å². The van der Waals surface area contributed by atoms with Gasteiger partial charge in [0, 0.05) is 32.3 Å². The average molecular weight is 270 g/mol. The van der Waals surface area contributed by atoms with Crippen molar-refractivity contribution in [3.8, 4) is 0 Å². The van der Waals surface area contributed by atoms with E-state index in [4.69, 9.17) is 4.74 Å². The number of ether oxygens (including phenoxy) is 1. The molecule has 0 heterocycles. The van der Waals surface area contributed by atoms with E-state index in [1.165, 1.54) is 38.6 Å². The van der Waals surface area contributed by atoms with Crippen LogP contribution in [0.3, 0.4) is 0 Å². The zero-order valence-corrected chi connectivity index (χ0v) is 13.5. The molecular formula is C16H34N2O. The minimum atomic E-state index is 0.530. The van der Waals surface area contributed by atoms with Gasteiger partial charge >= 0.3 is 0 Å². The minimum Gasteiger partial charge on any atom is -0.383 e. The van der Waals surface area contributed by atoms with Crippen LogP contribution in [0, 0.1) is 5.92 Å². The smallest absolute Gasteiger partial charge is 0.0630 e. The molecule has 3 nitrogen and oxygen atoms in total. The number of nitrogens with one attached hydrogen (secondary N) is 1. The van der Waals surface area contributed by atoms with Crippen LogP contribution in [0.1, 0.15) is 52.9 Å². The molecule has 0 radical (unpaired) electrons. The second kappa shape index (κ2) is 9.73. The van der Waals surface area contributed by atoms with Gasteiger partial charge in [0.25, 0.3) is 0 Å². The molecule has 0 amide bonds. The minimum absolute atomic E-state index is 0.530. The molecule has 1 N–H and O–H groups in total. The maximum Gasteiger partial charge on any atom is 0.0630 e. The van der Waals surface area contributed by atoms with Crippen molar-refractivity contribution in [2.75, 3.05) is 33.4 Å². The number of nitrogens with zero attached hydrogens (tertiary/aromatic N) is 1. The fraction of sp³-hybridized carbons (Fsp3) is 1.00. The summed E-state index contributed by atoms with van der Waals surface area (Å²) < 4.78 is 5.48. The van der Waals surface area contributed by atoms with Gasteiger partial charge in [-0.05, 0) is 31.7 Å². The van der Waals surface area contributed by atoms with Crippen molar-refractivity contribution >= 4 is 0 Å². The maximum absolute atomic E-state index is 5.48. The lowest BCUT2D eigenvalue weighted by atomic mass is 10.1. The third kappa shape index (κ3) is 6.24. The molecule has 3 heteroatoms. The molecule has 0 aromatic rings. The zero-order chi connectivity index (χ0) is 14.1. The molecule has 114 valence electrons. The van der Waals surface area contributed by atoms with Gasteiger partial charge in [0.15, 0.2) is 0 Å². The number of hydrogen-bond acceptors (Lipinski definition) is 3. The van der Waals surface area contributed by atoms with Crippen LogP contribution in [0.25, 0.3) is 0 Å². The fourth-order valence-electron chi connectivity index (χ4n) is 3.16. The third-order valence-electron chi connectivity index (χ3n) is 4.00. The van der Waals surface area contributed by atoms with Gasteiger partial charge in [-0.15, -0.1) is 0 Å². The fourth-order valence-corrected chi connectivity index (χ4v) is 3.16. The monoisotopic (exact) mass is 270 g/mol. The van der Waals surface area contributed by atoms with Gasteiger partial charge in [0.05, 0.1) is 6.61 Å². The second-order valence-electron chi connectivity index (χ2n) is 6.34. The van der Waals surface area contributed by atoms with Crippen LogP contribution >= 0.6 is 0 Å². The summed E-state index contributed by atoms with van der Waals surface area (Å²) in [6.07, 6.45) is 6.76. The lowest BCUT2D eigenvalue weighted by Gasteiger charge is -2.37. The van der Waals surface area contributed by atoms with E-state index in [-0.39, 0.29) is 0 Å². The van der Waals surface area contributed by atoms with Crippen LogP contribution in [0.5, 0.6) is 0 Å². The first kappa shape index (κ1) is 16.9. The topological polar surface area (TPSA) is 24.5 Å². The van der Waals surface area contributed by atoms with Crippen LogP contribution in [-0.4, -0.2) is 50.3 Å². The predicted molar refractivity (Wildman–Crippen MR) is 82.6 cm³/mol. The first-order valence-electron chi connectivity index (χ1n) is 8.14. The number of rotatable bonds is 10. The largest absolute Gasteiger partial charge is 0.383 e. The van der Waals surface area contributed by atoms with Crippen molar-refractivity contribution in [1.29, 1.82) is 0 Å². The Morgan fingerprint density at radius 1 is 1.26 bits per heavy atom. The van der Waals surface area contributed by atoms with E-state index in [9.17, 15) is 0 Å². The molecule has 0 spiro atoms. The van der Waals surface area contributed by atoms with Crippen molar-refractivity contribution in [3.05, 3.63) is 0 Å². The Morgan fingerprint density at radius 2 is 1.95 bits per heavy atom.